The average molecular weight is 542 g/mol. The lowest BCUT2D eigenvalue weighted by Gasteiger charge is -2.36. The zero-order valence-electron chi connectivity index (χ0n) is 21.4. The van der Waals surface area contributed by atoms with E-state index in [1.54, 1.807) is 18.0 Å². The van der Waals surface area contributed by atoms with E-state index in [2.05, 4.69) is 15.6 Å². The van der Waals surface area contributed by atoms with Crippen LogP contribution < -0.4 is 10.6 Å². The zero-order valence-corrected chi connectivity index (χ0v) is 22.2. The van der Waals surface area contributed by atoms with Crippen LogP contribution in [0.5, 0.6) is 0 Å². The molecular formula is C31H31N3O4S. The SMILES string of the molecule is O=C(NCc1ccccc1)Nc1ccc([C@@H]2O[C@H](CSc3ccccn3)C[C@H](c3ccc(CO)cc3)O2)cc1. The van der Waals surface area contributed by atoms with Crippen molar-refractivity contribution < 1.29 is 19.4 Å². The number of pyridine rings is 1. The number of carbonyl (C=O) groups is 1. The van der Waals surface area contributed by atoms with E-state index in [4.69, 9.17) is 9.47 Å². The molecule has 1 saturated heterocycles. The number of rotatable bonds is 9. The highest BCUT2D eigenvalue weighted by molar-refractivity contribution is 7.99. The Morgan fingerprint density at radius 3 is 2.33 bits per heavy atom. The maximum Gasteiger partial charge on any atom is 0.319 e. The van der Waals surface area contributed by atoms with Crippen LogP contribution in [-0.4, -0.2) is 28.0 Å². The molecule has 3 aromatic carbocycles. The lowest BCUT2D eigenvalue weighted by molar-refractivity contribution is -0.245. The van der Waals surface area contributed by atoms with Crippen molar-refractivity contribution in [2.75, 3.05) is 11.1 Å². The second-order valence-electron chi connectivity index (χ2n) is 9.24. The smallest absolute Gasteiger partial charge is 0.319 e. The summed E-state index contributed by atoms with van der Waals surface area (Å²) in [7, 11) is 0. The van der Waals surface area contributed by atoms with Crippen LogP contribution in [-0.2, 0) is 22.6 Å². The van der Waals surface area contributed by atoms with Gasteiger partial charge in [-0.05, 0) is 41.0 Å². The summed E-state index contributed by atoms with van der Waals surface area (Å²) in [5.74, 6) is 0.739. The third-order valence-electron chi connectivity index (χ3n) is 6.41. The Morgan fingerprint density at radius 1 is 0.872 bits per heavy atom. The number of aliphatic hydroxyl groups is 1. The van der Waals surface area contributed by atoms with Crippen molar-refractivity contribution in [1.29, 1.82) is 0 Å². The second-order valence-corrected chi connectivity index (χ2v) is 10.3. The van der Waals surface area contributed by atoms with Crippen molar-refractivity contribution >= 4 is 23.5 Å². The molecule has 1 fully saturated rings. The molecule has 200 valence electrons. The number of nitrogens with one attached hydrogen (secondary N) is 2. The first-order valence-corrected chi connectivity index (χ1v) is 13.9. The van der Waals surface area contributed by atoms with Gasteiger partial charge in [0.2, 0.25) is 0 Å². The van der Waals surface area contributed by atoms with Crippen LogP contribution >= 0.6 is 11.8 Å². The number of nitrogens with zero attached hydrogens (tertiary/aromatic N) is 1. The molecule has 7 nitrogen and oxygen atoms in total. The minimum Gasteiger partial charge on any atom is -0.392 e. The van der Waals surface area contributed by atoms with Crippen LogP contribution in [0, 0.1) is 0 Å². The van der Waals surface area contributed by atoms with Gasteiger partial charge in [-0.1, -0.05) is 72.8 Å². The maximum atomic E-state index is 12.4. The molecule has 2 heterocycles. The van der Waals surface area contributed by atoms with Gasteiger partial charge in [0.15, 0.2) is 6.29 Å². The first-order chi connectivity index (χ1) is 19.2. The first-order valence-electron chi connectivity index (χ1n) is 12.9. The van der Waals surface area contributed by atoms with Gasteiger partial charge in [0.1, 0.15) is 0 Å². The van der Waals surface area contributed by atoms with Crippen LogP contribution in [0.3, 0.4) is 0 Å². The van der Waals surface area contributed by atoms with Gasteiger partial charge >= 0.3 is 6.03 Å². The summed E-state index contributed by atoms with van der Waals surface area (Å²) in [6.07, 6.45) is 1.72. The Balaban J connectivity index is 1.24. The predicted molar refractivity (Wildman–Crippen MR) is 152 cm³/mol. The van der Waals surface area contributed by atoms with E-state index in [0.717, 1.165) is 33.0 Å². The van der Waals surface area contributed by atoms with Crippen molar-refractivity contribution in [3.05, 3.63) is 126 Å². The summed E-state index contributed by atoms with van der Waals surface area (Å²) in [4.78, 5) is 16.8. The number of carbonyl (C=O) groups excluding carboxylic acids is 1. The molecule has 4 aromatic rings. The van der Waals surface area contributed by atoms with Crippen LogP contribution in [0.15, 0.2) is 108 Å². The van der Waals surface area contributed by atoms with Crippen molar-refractivity contribution in [3.8, 4) is 0 Å². The van der Waals surface area contributed by atoms with Crippen LogP contribution in [0.2, 0.25) is 0 Å². The van der Waals surface area contributed by atoms with Gasteiger partial charge in [0.25, 0.3) is 0 Å². The molecule has 5 rings (SSSR count). The fourth-order valence-electron chi connectivity index (χ4n) is 4.31. The summed E-state index contributed by atoms with van der Waals surface area (Å²) >= 11 is 1.66. The van der Waals surface area contributed by atoms with Gasteiger partial charge in [0.05, 0.1) is 23.8 Å². The molecule has 8 heteroatoms. The Morgan fingerprint density at radius 2 is 1.62 bits per heavy atom. The van der Waals surface area contributed by atoms with Crippen LogP contribution in [0.25, 0.3) is 0 Å². The molecule has 0 saturated carbocycles. The number of hydrogen-bond acceptors (Lipinski definition) is 6. The Kier molecular flexibility index (Phi) is 9.24. The van der Waals surface area contributed by atoms with Crippen LogP contribution in [0.1, 0.15) is 41.1 Å². The monoisotopic (exact) mass is 541 g/mol. The Hall–Kier alpha value is -3.69. The quantitative estimate of drug-likeness (QED) is 0.218. The van der Waals surface area contributed by atoms with Crippen molar-refractivity contribution in [3.63, 3.8) is 0 Å². The molecule has 0 aliphatic carbocycles. The minimum atomic E-state index is -0.559. The first kappa shape index (κ1) is 26.9. The number of anilines is 1. The Bertz CT molecular complexity index is 1320. The van der Waals surface area contributed by atoms with E-state index in [0.29, 0.717) is 18.7 Å². The number of ether oxygens (including phenoxy) is 2. The Labute approximate surface area is 232 Å². The van der Waals surface area contributed by atoms with Crippen LogP contribution in [0.4, 0.5) is 10.5 Å². The molecule has 3 atom stereocenters. The van der Waals surface area contributed by atoms with Gasteiger partial charge < -0.3 is 25.2 Å². The molecule has 1 aromatic heterocycles. The fourth-order valence-corrected chi connectivity index (χ4v) is 5.19. The van der Waals surface area contributed by atoms with Gasteiger partial charge in [-0.2, -0.15) is 0 Å². The summed E-state index contributed by atoms with van der Waals surface area (Å²) in [6, 6.07) is 30.8. The lowest BCUT2D eigenvalue weighted by Crippen LogP contribution is -2.31. The molecule has 39 heavy (non-hydrogen) atoms. The van der Waals surface area contributed by atoms with Gasteiger partial charge in [-0.15, -0.1) is 11.8 Å². The van der Waals surface area contributed by atoms with Crippen molar-refractivity contribution in [2.45, 2.75) is 43.1 Å². The second kappa shape index (κ2) is 13.4. The summed E-state index contributed by atoms with van der Waals surface area (Å²) in [5.41, 5.74) is 4.49. The summed E-state index contributed by atoms with van der Waals surface area (Å²) in [5, 5.41) is 16.1. The largest absolute Gasteiger partial charge is 0.392 e. The maximum absolute atomic E-state index is 12.4. The molecule has 1 aliphatic heterocycles. The minimum absolute atomic E-state index is 0.00550. The van der Waals surface area contributed by atoms with E-state index in [-0.39, 0.29) is 24.8 Å². The molecule has 1 aliphatic rings. The number of aliphatic hydroxyl groups excluding tert-OH is 1. The third-order valence-corrected chi connectivity index (χ3v) is 7.48. The van der Waals surface area contributed by atoms with Gasteiger partial charge in [0, 0.05) is 36.2 Å². The third kappa shape index (κ3) is 7.68. The van der Waals surface area contributed by atoms with Gasteiger partial charge in [-0.3, -0.25) is 0 Å². The van der Waals surface area contributed by atoms with E-state index < -0.39 is 6.29 Å². The highest BCUT2D eigenvalue weighted by Crippen LogP contribution is 2.39. The fraction of sp³-hybridized carbons (Fsp3) is 0.226. The number of aromatic nitrogens is 1. The van der Waals surface area contributed by atoms with E-state index in [1.165, 1.54) is 0 Å². The van der Waals surface area contributed by atoms with E-state index in [1.807, 2.05) is 97.1 Å². The van der Waals surface area contributed by atoms with Crippen molar-refractivity contribution in [1.82, 2.24) is 10.3 Å². The summed E-state index contributed by atoms with van der Waals surface area (Å²) < 4.78 is 12.8. The normalized spacial score (nSPS) is 18.8. The molecule has 0 bridgehead atoms. The van der Waals surface area contributed by atoms with Crippen molar-refractivity contribution in [2.24, 2.45) is 0 Å². The average Bonchev–Trinajstić information content (AvgIpc) is 3.00. The lowest BCUT2D eigenvalue weighted by atomic mass is 10.0. The molecular weight excluding hydrogens is 510 g/mol. The molecule has 3 N–H and O–H groups in total. The topological polar surface area (TPSA) is 92.7 Å². The number of benzene rings is 3. The molecule has 0 unspecified atom stereocenters. The number of hydrogen-bond donors (Lipinski definition) is 3. The number of thioether (sulfide) groups is 1. The number of amides is 2. The highest BCUT2D eigenvalue weighted by Gasteiger charge is 2.32. The predicted octanol–water partition coefficient (Wildman–Crippen LogP) is 6.23. The van der Waals surface area contributed by atoms with E-state index >= 15 is 0 Å². The zero-order chi connectivity index (χ0) is 26.9. The molecule has 2 amide bonds. The number of urea groups is 1. The standard InChI is InChI=1S/C31H31N3O4S/c35-20-23-9-11-24(12-10-23)28-18-27(21-39-29-8-4-5-17-32-29)37-30(38-28)25-13-15-26(16-14-25)34-31(36)33-19-22-6-2-1-3-7-22/h1-17,27-28,30,35H,18-21H2,(H2,33,34,36)/t27-,28+,30+/m0/s1. The highest BCUT2D eigenvalue weighted by atomic mass is 32.2. The van der Waals surface area contributed by atoms with E-state index in [9.17, 15) is 9.90 Å². The summed E-state index contributed by atoms with van der Waals surface area (Å²) in [6.45, 7) is 0.457. The van der Waals surface area contributed by atoms with Gasteiger partial charge in [-0.25, -0.2) is 9.78 Å². The molecule has 0 spiro atoms. The molecule has 0 radical (unpaired) electrons.